The van der Waals surface area contributed by atoms with E-state index in [0.717, 1.165) is 38.1 Å². The Morgan fingerprint density at radius 3 is 2.81 bits per heavy atom. The molecular formula is C17H26N2O2. The summed E-state index contributed by atoms with van der Waals surface area (Å²) >= 11 is 0. The minimum Gasteiger partial charge on any atom is -0.483 e. The summed E-state index contributed by atoms with van der Waals surface area (Å²) in [7, 11) is 0. The Balaban J connectivity index is 1.86. The van der Waals surface area contributed by atoms with Crippen LogP contribution in [0.3, 0.4) is 0 Å². The van der Waals surface area contributed by atoms with Crippen molar-refractivity contribution in [2.75, 3.05) is 19.7 Å². The highest BCUT2D eigenvalue weighted by atomic mass is 16.5. The van der Waals surface area contributed by atoms with Gasteiger partial charge >= 0.3 is 0 Å². The summed E-state index contributed by atoms with van der Waals surface area (Å²) in [6.45, 7) is 6.38. The van der Waals surface area contributed by atoms with E-state index in [1.54, 1.807) is 0 Å². The number of rotatable bonds is 6. The molecule has 1 aromatic rings. The SMILES string of the molecule is CCC(C)c1ccccc1OCC(=O)NC1CCNCC1. The van der Waals surface area contributed by atoms with Crippen molar-refractivity contribution in [2.24, 2.45) is 0 Å². The third-order valence-electron chi connectivity index (χ3n) is 4.13. The Hall–Kier alpha value is -1.55. The maximum absolute atomic E-state index is 12.0. The van der Waals surface area contributed by atoms with E-state index in [-0.39, 0.29) is 18.6 Å². The number of amides is 1. The maximum atomic E-state index is 12.0. The van der Waals surface area contributed by atoms with Crippen LogP contribution in [0.25, 0.3) is 0 Å². The van der Waals surface area contributed by atoms with Gasteiger partial charge in [0.1, 0.15) is 5.75 Å². The number of ether oxygens (including phenoxy) is 1. The second-order valence-corrected chi connectivity index (χ2v) is 5.73. The average molecular weight is 290 g/mol. The van der Waals surface area contributed by atoms with Gasteiger partial charge in [-0.2, -0.15) is 0 Å². The third-order valence-corrected chi connectivity index (χ3v) is 4.13. The predicted octanol–water partition coefficient (Wildman–Crippen LogP) is 2.45. The lowest BCUT2D eigenvalue weighted by Crippen LogP contribution is -2.44. The first-order valence-corrected chi connectivity index (χ1v) is 7.92. The summed E-state index contributed by atoms with van der Waals surface area (Å²) in [6.07, 6.45) is 3.05. The van der Waals surface area contributed by atoms with E-state index in [4.69, 9.17) is 4.74 Å². The molecule has 1 aliphatic heterocycles. The maximum Gasteiger partial charge on any atom is 0.258 e. The number of nitrogens with one attached hydrogen (secondary N) is 2. The highest BCUT2D eigenvalue weighted by Crippen LogP contribution is 2.28. The summed E-state index contributed by atoms with van der Waals surface area (Å²) in [6, 6.07) is 8.27. The van der Waals surface area contributed by atoms with Crippen molar-refractivity contribution in [3.8, 4) is 5.75 Å². The van der Waals surface area contributed by atoms with Crippen LogP contribution >= 0.6 is 0 Å². The fourth-order valence-electron chi connectivity index (χ4n) is 2.62. The Kier molecular flexibility index (Phi) is 6.05. The number of carbonyl (C=O) groups excluding carboxylic acids is 1. The van der Waals surface area contributed by atoms with Gasteiger partial charge in [0.15, 0.2) is 6.61 Å². The van der Waals surface area contributed by atoms with Crippen LogP contribution in [0.2, 0.25) is 0 Å². The normalized spacial score (nSPS) is 17.2. The van der Waals surface area contributed by atoms with E-state index in [2.05, 4.69) is 30.5 Å². The van der Waals surface area contributed by atoms with Crippen molar-refractivity contribution in [1.29, 1.82) is 0 Å². The molecule has 0 radical (unpaired) electrons. The van der Waals surface area contributed by atoms with E-state index < -0.39 is 0 Å². The smallest absolute Gasteiger partial charge is 0.258 e. The molecule has 0 aliphatic carbocycles. The topological polar surface area (TPSA) is 50.4 Å². The molecule has 1 atom stereocenters. The van der Waals surface area contributed by atoms with E-state index in [1.807, 2.05) is 18.2 Å². The Morgan fingerprint density at radius 1 is 1.38 bits per heavy atom. The number of benzene rings is 1. The van der Waals surface area contributed by atoms with E-state index in [0.29, 0.717) is 5.92 Å². The number of hydrogen-bond donors (Lipinski definition) is 2. The zero-order valence-electron chi connectivity index (χ0n) is 13.0. The molecule has 4 heteroatoms. The zero-order valence-corrected chi connectivity index (χ0v) is 13.0. The molecule has 0 spiro atoms. The van der Waals surface area contributed by atoms with Crippen molar-refractivity contribution >= 4 is 5.91 Å². The lowest BCUT2D eigenvalue weighted by molar-refractivity contribution is -0.124. The van der Waals surface area contributed by atoms with E-state index >= 15 is 0 Å². The lowest BCUT2D eigenvalue weighted by atomic mass is 9.98. The van der Waals surface area contributed by atoms with Gasteiger partial charge in [-0.25, -0.2) is 0 Å². The third kappa shape index (κ3) is 4.74. The molecule has 1 saturated heterocycles. The van der Waals surface area contributed by atoms with Crippen molar-refractivity contribution < 1.29 is 9.53 Å². The monoisotopic (exact) mass is 290 g/mol. The summed E-state index contributed by atoms with van der Waals surface area (Å²) in [5, 5.41) is 6.34. The fraction of sp³-hybridized carbons (Fsp3) is 0.588. The van der Waals surface area contributed by atoms with Gasteiger partial charge in [-0.3, -0.25) is 4.79 Å². The van der Waals surface area contributed by atoms with Crippen molar-refractivity contribution in [3.05, 3.63) is 29.8 Å². The standard InChI is InChI=1S/C17H26N2O2/c1-3-13(2)15-6-4-5-7-16(15)21-12-17(20)19-14-8-10-18-11-9-14/h4-7,13-14,18H,3,8-12H2,1-2H3,(H,19,20). The molecule has 21 heavy (non-hydrogen) atoms. The molecule has 1 fully saturated rings. The van der Waals surface area contributed by atoms with Gasteiger partial charge in [0.2, 0.25) is 0 Å². The minimum absolute atomic E-state index is 0.0270. The summed E-state index contributed by atoms with van der Waals surface area (Å²) in [4.78, 5) is 12.0. The summed E-state index contributed by atoms with van der Waals surface area (Å²) in [5.41, 5.74) is 1.18. The zero-order chi connectivity index (χ0) is 15.1. The molecule has 1 aliphatic rings. The van der Waals surface area contributed by atoms with Gasteiger partial charge in [-0.15, -0.1) is 0 Å². The van der Waals surface area contributed by atoms with Crippen molar-refractivity contribution in [1.82, 2.24) is 10.6 Å². The molecule has 4 nitrogen and oxygen atoms in total. The molecule has 1 heterocycles. The van der Waals surface area contributed by atoms with Gasteiger partial charge in [-0.1, -0.05) is 32.0 Å². The first kappa shape index (κ1) is 15.8. The van der Waals surface area contributed by atoms with Crippen LogP contribution in [0.5, 0.6) is 5.75 Å². The molecule has 1 aromatic carbocycles. The molecule has 0 saturated carbocycles. The van der Waals surface area contributed by atoms with Gasteiger partial charge in [0, 0.05) is 6.04 Å². The quantitative estimate of drug-likeness (QED) is 0.846. The molecule has 116 valence electrons. The van der Waals surface area contributed by atoms with Crippen LogP contribution in [-0.4, -0.2) is 31.6 Å². The lowest BCUT2D eigenvalue weighted by Gasteiger charge is -2.23. The first-order valence-electron chi connectivity index (χ1n) is 7.92. The first-order chi connectivity index (χ1) is 10.2. The van der Waals surface area contributed by atoms with Crippen LogP contribution in [-0.2, 0) is 4.79 Å². The molecular weight excluding hydrogens is 264 g/mol. The Bertz CT molecular complexity index is 456. The van der Waals surface area contributed by atoms with Crippen molar-refractivity contribution in [3.63, 3.8) is 0 Å². The van der Waals surface area contributed by atoms with Gasteiger partial charge in [0.05, 0.1) is 0 Å². The largest absolute Gasteiger partial charge is 0.483 e. The highest BCUT2D eigenvalue weighted by Gasteiger charge is 2.16. The van der Waals surface area contributed by atoms with Gasteiger partial charge in [0.25, 0.3) is 5.91 Å². The number of para-hydroxylation sites is 1. The average Bonchev–Trinajstić information content (AvgIpc) is 2.53. The number of hydrogen-bond acceptors (Lipinski definition) is 3. The van der Waals surface area contributed by atoms with Crippen LogP contribution in [0.4, 0.5) is 0 Å². The van der Waals surface area contributed by atoms with E-state index in [1.165, 1.54) is 5.56 Å². The minimum atomic E-state index is -0.0270. The summed E-state index contributed by atoms with van der Waals surface area (Å²) < 4.78 is 5.74. The highest BCUT2D eigenvalue weighted by molar-refractivity contribution is 5.77. The fourth-order valence-corrected chi connectivity index (χ4v) is 2.62. The van der Waals surface area contributed by atoms with Crippen LogP contribution in [0, 0.1) is 0 Å². The second-order valence-electron chi connectivity index (χ2n) is 5.73. The Morgan fingerprint density at radius 2 is 2.10 bits per heavy atom. The molecule has 1 unspecified atom stereocenters. The molecule has 0 aromatic heterocycles. The summed E-state index contributed by atoms with van der Waals surface area (Å²) in [5.74, 6) is 1.24. The van der Waals surface area contributed by atoms with E-state index in [9.17, 15) is 4.79 Å². The molecule has 2 N–H and O–H groups in total. The molecule has 0 bridgehead atoms. The number of carbonyl (C=O) groups is 1. The number of piperidine rings is 1. The van der Waals surface area contributed by atoms with Crippen LogP contribution in [0.1, 0.15) is 44.6 Å². The second kappa shape index (κ2) is 8.03. The van der Waals surface area contributed by atoms with Gasteiger partial charge < -0.3 is 15.4 Å². The van der Waals surface area contributed by atoms with Gasteiger partial charge in [-0.05, 0) is 49.9 Å². The van der Waals surface area contributed by atoms with Crippen molar-refractivity contribution in [2.45, 2.75) is 45.1 Å². The molecule has 2 rings (SSSR count). The van der Waals surface area contributed by atoms with Crippen LogP contribution in [0.15, 0.2) is 24.3 Å². The molecule has 1 amide bonds. The Labute approximate surface area is 127 Å². The predicted molar refractivity (Wildman–Crippen MR) is 84.7 cm³/mol. The van der Waals surface area contributed by atoms with Crippen LogP contribution < -0.4 is 15.4 Å².